The lowest BCUT2D eigenvalue weighted by Gasteiger charge is -2.18. The summed E-state index contributed by atoms with van der Waals surface area (Å²) in [6.07, 6.45) is 3.45. The molecular weight excluding hydrogens is 420 g/mol. The molecule has 3 aromatic heterocycles. The molecule has 0 spiro atoms. The number of rotatable bonds is 3. The second-order valence-electron chi connectivity index (χ2n) is 9.37. The minimum Gasteiger partial charge on any atom is -0.401 e. The van der Waals surface area contributed by atoms with E-state index >= 15 is 0 Å². The number of hydrogen-bond donors (Lipinski definition) is 0. The third-order valence-corrected chi connectivity index (χ3v) is 5.69. The molecule has 0 bridgehead atoms. The average molecular weight is 442 g/mol. The normalized spacial score (nSPS) is 15.0. The van der Waals surface area contributed by atoms with Crippen molar-refractivity contribution in [3.05, 3.63) is 69.9 Å². The molecule has 8 nitrogen and oxygen atoms in total. The fourth-order valence-electron chi connectivity index (χ4n) is 3.68. The van der Waals surface area contributed by atoms with Crippen LogP contribution >= 0.6 is 0 Å². The maximum atomic E-state index is 12.7. The lowest BCUT2D eigenvalue weighted by Crippen LogP contribution is -2.20. The van der Waals surface area contributed by atoms with Crippen LogP contribution in [0.3, 0.4) is 0 Å². The van der Waals surface area contributed by atoms with E-state index in [1.807, 2.05) is 12.1 Å². The van der Waals surface area contributed by atoms with Crippen LogP contribution in [-0.2, 0) is 15.0 Å². The molecule has 0 aliphatic carbocycles. The Balaban J connectivity index is 1.65. The van der Waals surface area contributed by atoms with Gasteiger partial charge in [-0.25, -0.2) is 19.6 Å². The van der Waals surface area contributed by atoms with Gasteiger partial charge in [0.2, 0.25) is 0 Å². The number of esters is 2. The van der Waals surface area contributed by atoms with Crippen LogP contribution in [0.15, 0.2) is 36.7 Å². The highest BCUT2D eigenvalue weighted by Crippen LogP contribution is 2.25. The van der Waals surface area contributed by atoms with E-state index in [4.69, 9.17) is 9.47 Å². The zero-order valence-electron chi connectivity index (χ0n) is 19.0. The highest BCUT2D eigenvalue weighted by atomic mass is 16.6. The molecule has 0 atom stereocenters. The van der Waals surface area contributed by atoms with Crippen LogP contribution in [-0.4, -0.2) is 31.9 Å². The zero-order valence-corrected chi connectivity index (χ0v) is 19.0. The Morgan fingerprint density at radius 3 is 1.67 bits per heavy atom. The predicted molar refractivity (Wildman–Crippen MR) is 119 cm³/mol. The van der Waals surface area contributed by atoms with Gasteiger partial charge in [-0.2, -0.15) is 0 Å². The smallest absolute Gasteiger partial charge is 0.349 e. The first-order valence-corrected chi connectivity index (χ1v) is 10.7. The molecule has 2 aliphatic rings. The molecule has 0 N–H and O–H groups in total. The minimum atomic E-state index is -0.600. The van der Waals surface area contributed by atoms with Crippen molar-refractivity contribution in [2.45, 2.75) is 46.0 Å². The summed E-state index contributed by atoms with van der Waals surface area (Å²) in [4.78, 5) is 42.9. The minimum absolute atomic E-state index is 0.0186. The Labute approximate surface area is 190 Å². The monoisotopic (exact) mass is 442 g/mol. The van der Waals surface area contributed by atoms with Crippen molar-refractivity contribution in [2.24, 2.45) is 0 Å². The number of nitrogens with zero attached hydrogens (tertiary/aromatic N) is 4. The Kier molecular flexibility index (Phi) is 4.63. The summed E-state index contributed by atoms with van der Waals surface area (Å²) in [5.74, 6) is -0.853. The molecule has 166 valence electrons. The van der Waals surface area contributed by atoms with Crippen LogP contribution in [0.5, 0.6) is 11.8 Å². The predicted octanol–water partition coefficient (Wildman–Crippen LogP) is 1.92. The van der Waals surface area contributed by atoms with Gasteiger partial charge in [-0.05, 0) is 34.6 Å². The molecule has 3 aromatic rings. The highest BCUT2D eigenvalue weighted by Gasteiger charge is 2.34. The Bertz CT molecular complexity index is 1430. The van der Waals surface area contributed by atoms with Gasteiger partial charge in [0.1, 0.15) is 21.8 Å². The van der Waals surface area contributed by atoms with Gasteiger partial charge in [0.15, 0.2) is 0 Å². The summed E-state index contributed by atoms with van der Waals surface area (Å²) in [5.41, 5.74) is 3.21. The molecule has 0 amide bonds. The van der Waals surface area contributed by atoms with Crippen molar-refractivity contribution >= 4 is 23.1 Å². The first kappa shape index (κ1) is 20.9. The molecule has 0 saturated carbocycles. The molecule has 0 aromatic carbocycles. The standard InChI is InChI=1S/C25H22N4O4/c1-12(2)13-6-8-15(26-10-13)17-19-21(32-23(17)30)29-20-18(24(31)33-22(20)28-19)16-9-7-14(11-27-16)25(3,4)5/h6-12H,1-5H3. The molecule has 5 heterocycles. The fourth-order valence-corrected chi connectivity index (χ4v) is 3.68. The van der Waals surface area contributed by atoms with Crippen molar-refractivity contribution < 1.29 is 19.1 Å². The second kappa shape index (κ2) is 7.30. The molecule has 2 aliphatic heterocycles. The number of hydrogen-bond acceptors (Lipinski definition) is 8. The number of ether oxygens (including phenoxy) is 2. The van der Waals surface area contributed by atoms with Crippen molar-refractivity contribution in [1.82, 2.24) is 19.9 Å². The van der Waals surface area contributed by atoms with Crippen LogP contribution in [0.1, 0.15) is 63.1 Å². The molecule has 0 radical (unpaired) electrons. The number of carbonyl (C=O) groups is 2. The third kappa shape index (κ3) is 3.47. The van der Waals surface area contributed by atoms with Gasteiger partial charge in [-0.3, -0.25) is 9.97 Å². The third-order valence-electron chi connectivity index (χ3n) is 5.69. The summed E-state index contributed by atoms with van der Waals surface area (Å²) in [7, 11) is 0. The van der Waals surface area contributed by atoms with E-state index in [1.54, 1.807) is 24.5 Å². The van der Waals surface area contributed by atoms with Gasteiger partial charge in [-0.1, -0.05) is 46.8 Å². The van der Waals surface area contributed by atoms with Crippen LogP contribution in [0, 0.1) is 0 Å². The number of pyridine rings is 2. The van der Waals surface area contributed by atoms with E-state index in [0.717, 1.165) is 11.1 Å². The van der Waals surface area contributed by atoms with Crippen molar-refractivity contribution in [2.75, 3.05) is 0 Å². The van der Waals surface area contributed by atoms with E-state index in [2.05, 4.69) is 54.6 Å². The van der Waals surface area contributed by atoms with Gasteiger partial charge in [0, 0.05) is 12.4 Å². The molecule has 0 unspecified atom stereocenters. The van der Waals surface area contributed by atoms with E-state index in [9.17, 15) is 9.59 Å². The van der Waals surface area contributed by atoms with Gasteiger partial charge in [0.25, 0.3) is 11.8 Å². The van der Waals surface area contributed by atoms with E-state index in [1.165, 1.54) is 0 Å². The topological polar surface area (TPSA) is 104 Å². The van der Waals surface area contributed by atoms with Crippen LogP contribution < -0.4 is 20.2 Å². The lowest BCUT2D eigenvalue weighted by atomic mass is 9.88. The summed E-state index contributed by atoms with van der Waals surface area (Å²) in [6.45, 7) is 10.4. The SMILES string of the molecule is CC(C)c1ccc(C2=c3nc4c(nc3OC2=O)=C(c2ccc(C(C)(C)C)cn2)C(=O)O4)nc1. The Morgan fingerprint density at radius 1 is 0.758 bits per heavy atom. The van der Waals surface area contributed by atoms with Crippen LogP contribution in [0.25, 0.3) is 11.1 Å². The zero-order chi connectivity index (χ0) is 23.5. The molecule has 0 saturated heterocycles. The first-order chi connectivity index (χ1) is 15.6. The highest BCUT2D eigenvalue weighted by molar-refractivity contribution is 6.19. The van der Waals surface area contributed by atoms with Crippen LogP contribution in [0.2, 0.25) is 0 Å². The summed E-state index contributed by atoms with van der Waals surface area (Å²) >= 11 is 0. The summed E-state index contributed by atoms with van der Waals surface area (Å²) in [5, 5.41) is 0.403. The van der Waals surface area contributed by atoms with E-state index in [0.29, 0.717) is 17.3 Å². The number of fused-ring (bicyclic) bond motifs is 2. The van der Waals surface area contributed by atoms with Crippen molar-refractivity contribution in [3.8, 4) is 11.8 Å². The van der Waals surface area contributed by atoms with Gasteiger partial charge in [0.05, 0.1) is 11.4 Å². The van der Waals surface area contributed by atoms with E-state index < -0.39 is 11.9 Å². The molecular formula is C25H22N4O4. The van der Waals surface area contributed by atoms with Crippen LogP contribution in [0.4, 0.5) is 0 Å². The van der Waals surface area contributed by atoms with Crippen molar-refractivity contribution in [3.63, 3.8) is 0 Å². The van der Waals surface area contributed by atoms with Gasteiger partial charge >= 0.3 is 11.9 Å². The first-order valence-electron chi connectivity index (χ1n) is 10.7. The molecule has 5 rings (SSSR count). The van der Waals surface area contributed by atoms with E-state index in [-0.39, 0.29) is 39.0 Å². The van der Waals surface area contributed by atoms with Crippen molar-refractivity contribution in [1.29, 1.82) is 0 Å². The summed E-state index contributed by atoms with van der Waals surface area (Å²) < 4.78 is 10.7. The molecule has 33 heavy (non-hydrogen) atoms. The Morgan fingerprint density at radius 2 is 1.27 bits per heavy atom. The van der Waals surface area contributed by atoms with Gasteiger partial charge < -0.3 is 9.47 Å². The average Bonchev–Trinajstić information content (AvgIpc) is 3.25. The maximum absolute atomic E-state index is 12.7. The molecule has 8 heteroatoms. The summed E-state index contributed by atoms with van der Waals surface area (Å²) in [6, 6.07) is 7.33. The number of carbonyl (C=O) groups excluding carboxylic acids is 2. The van der Waals surface area contributed by atoms with Gasteiger partial charge in [-0.15, -0.1) is 0 Å². The second-order valence-corrected chi connectivity index (χ2v) is 9.37. The largest absolute Gasteiger partial charge is 0.401 e. The Hall–Kier alpha value is -3.94. The lowest BCUT2D eigenvalue weighted by molar-refractivity contribution is -0.128. The molecule has 0 fully saturated rings. The number of aromatic nitrogens is 4. The maximum Gasteiger partial charge on any atom is 0.349 e. The quantitative estimate of drug-likeness (QED) is 0.567. The fraction of sp³-hybridized carbons (Fsp3) is 0.280.